The predicted octanol–water partition coefficient (Wildman–Crippen LogP) is 6.06. The molecule has 0 radical (unpaired) electrons. The minimum Gasteiger partial charge on any atom is -0.350 e. The highest BCUT2D eigenvalue weighted by Gasteiger charge is 2.44. The van der Waals surface area contributed by atoms with Gasteiger partial charge in [0.05, 0.1) is 11.9 Å². The molecule has 3 N–H and O–H groups in total. The molecule has 1 fully saturated rings. The summed E-state index contributed by atoms with van der Waals surface area (Å²) in [7, 11) is 0. The van der Waals surface area contributed by atoms with Crippen LogP contribution in [0.4, 0.5) is 23.0 Å². The number of carbonyl (C=O) groups is 1. The molecule has 10 heteroatoms. The van der Waals surface area contributed by atoms with Crippen LogP contribution >= 0.6 is 11.8 Å². The quantitative estimate of drug-likeness (QED) is 0.213. The topological polar surface area (TPSA) is 114 Å². The van der Waals surface area contributed by atoms with Gasteiger partial charge in [-0.15, -0.1) is 0 Å². The van der Waals surface area contributed by atoms with Crippen molar-refractivity contribution in [2.24, 2.45) is 5.41 Å². The number of ketones is 1. The highest BCUT2D eigenvalue weighted by Crippen LogP contribution is 2.43. The Morgan fingerprint density at radius 1 is 0.977 bits per heavy atom. The molecule has 2 unspecified atom stereocenters. The van der Waals surface area contributed by atoms with E-state index in [-0.39, 0.29) is 11.3 Å². The smallest absolute Gasteiger partial charge is 0.276 e. The average molecular weight is 604 g/mol. The molecule has 0 spiro atoms. The first-order valence-corrected chi connectivity index (χ1v) is 15.8. The summed E-state index contributed by atoms with van der Waals surface area (Å²) in [6.45, 7) is 6.07. The third-order valence-corrected chi connectivity index (χ3v) is 9.64. The Kier molecular flexibility index (Phi) is 7.39. The van der Waals surface area contributed by atoms with Gasteiger partial charge < -0.3 is 16.0 Å². The summed E-state index contributed by atoms with van der Waals surface area (Å²) in [5.74, 6) is 1.35. The lowest BCUT2D eigenvalue weighted by molar-refractivity contribution is 0.0780. The number of nitrogens with zero attached hydrogens (tertiary/aromatic N) is 4. The standard InChI is InChI=1S/C34H33N7O2S/c1-34(2)17-22-6-3-4-8-26(22)29(42)30(34)41-31-23(16-27(32(41)43)38-25-7-5-13-35-19-25)18-37-33(40-31)39-24-11-9-21(10-12-24)28-20-36-14-15-44-28/h3-13,16,18-19,28,30,36,38H,14-15,17,20H2,1-2H3,(H,37,39,40). The fourth-order valence-electron chi connectivity index (χ4n) is 6.26. The van der Waals surface area contributed by atoms with Gasteiger partial charge in [0.25, 0.3) is 5.56 Å². The van der Waals surface area contributed by atoms with Gasteiger partial charge in [-0.2, -0.15) is 16.7 Å². The van der Waals surface area contributed by atoms with Gasteiger partial charge in [0.15, 0.2) is 5.78 Å². The van der Waals surface area contributed by atoms with Crippen molar-refractivity contribution in [1.29, 1.82) is 0 Å². The number of carbonyl (C=O) groups excluding carboxylic acids is 1. The third-order valence-electron chi connectivity index (χ3n) is 8.36. The largest absolute Gasteiger partial charge is 0.350 e. The molecule has 222 valence electrons. The van der Waals surface area contributed by atoms with Crippen LogP contribution < -0.4 is 21.5 Å². The molecular weight excluding hydrogens is 570 g/mol. The van der Waals surface area contributed by atoms with Crippen molar-refractivity contribution in [3.63, 3.8) is 0 Å². The number of aromatic nitrogens is 4. The SMILES string of the molecule is CC1(C)Cc2ccccc2C(=O)C1n1c(=O)c(Nc2cccnc2)cc2cnc(Nc3ccc(C4CNCCS4)cc3)nc21. The Morgan fingerprint density at radius 2 is 1.82 bits per heavy atom. The predicted molar refractivity (Wildman–Crippen MR) is 176 cm³/mol. The summed E-state index contributed by atoms with van der Waals surface area (Å²) in [6, 6.07) is 20.6. The van der Waals surface area contributed by atoms with Crippen LogP contribution in [0, 0.1) is 5.41 Å². The molecule has 1 aliphatic heterocycles. The lowest BCUT2D eigenvalue weighted by atomic mass is 9.69. The van der Waals surface area contributed by atoms with Crippen LogP contribution in [0.1, 0.15) is 46.6 Å². The van der Waals surface area contributed by atoms with E-state index in [9.17, 15) is 9.59 Å². The monoisotopic (exact) mass is 603 g/mol. The number of Topliss-reactive ketones (excluding diaryl/α,β-unsaturated/α-hetero) is 1. The molecule has 0 saturated carbocycles. The van der Waals surface area contributed by atoms with Gasteiger partial charge in [-0.25, -0.2) is 4.98 Å². The maximum absolute atomic E-state index is 14.3. The molecule has 9 nitrogen and oxygen atoms in total. The number of fused-ring (bicyclic) bond motifs is 2. The van der Waals surface area contributed by atoms with E-state index in [4.69, 9.17) is 4.98 Å². The Balaban J connectivity index is 1.32. The van der Waals surface area contributed by atoms with Crippen LogP contribution in [-0.2, 0) is 6.42 Å². The normalized spacial score (nSPS) is 19.4. The Morgan fingerprint density at radius 3 is 2.59 bits per heavy atom. The van der Waals surface area contributed by atoms with E-state index in [1.807, 2.05) is 68.1 Å². The molecule has 2 aliphatic rings. The van der Waals surface area contributed by atoms with E-state index < -0.39 is 11.5 Å². The van der Waals surface area contributed by atoms with E-state index in [0.29, 0.717) is 45.6 Å². The molecule has 0 amide bonds. The molecule has 4 heterocycles. The molecule has 3 aromatic heterocycles. The highest BCUT2D eigenvalue weighted by atomic mass is 32.2. The fraction of sp³-hybridized carbons (Fsp3) is 0.265. The summed E-state index contributed by atoms with van der Waals surface area (Å²) in [5, 5.41) is 11.0. The maximum atomic E-state index is 14.3. The summed E-state index contributed by atoms with van der Waals surface area (Å²) >= 11 is 1.97. The average Bonchev–Trinajstić information content (AvgIpc) is 3.04. The van der Waals surface area contributed by atoms with Crippen LogP contribution in [0.2, 0.25) is 0 Å². The van der Waals surface area contributed by atoms with Crippen LogP contribution in [0.3, 0.4) is 0 Å². The van der Waals surface area contributed by atoms with E-state index in [0.717, 1.165) is 30.1 Å². The number of pyridine rings is 2. The van der Waals surface area contributed by atoms with Crippen LogP contribution in [0.15, 0.2) is 90.1 Å². The summed E-state index contributed by atoms with van der Waals surface area (Å²) in [5.41, 5.74) is 4.24. The second-order valence-corrected chi connectivity index (χ2v) is 13.3. The first-order valence-electron chi connectivity index (χ1n) is 14.8. The van der Waals surface area contributed by atoms with Crippen LogP contribution in [-0.4, -0.2) is 44.1 Å². The van der Waals surface area contributed by atoms with Crippen molar-refractivity contribution >= 4 is 51.6 Å². The van der Waals surface area contributed by atoms with Gasteiger partial charge in [0.1, 0.15) is 17.4 Å². The second-order valence-electron chi connectivity index (χ2n) is 12.0. The first kappa shape index (κ1) is 28.2. The number of anilines is 4. The second kappa shape index (κ2) is 11.5. The molecule has 44 heavy (non-hydrogen) atoms. The Labute approximate surface area is 259 Å². The lowest BCUT2D eigenvalue weighted by Gasteiger charge is -2.39. The number of hydrogen-bond donors (Lipinski definition) is 3. The van der Waals surface area contributed by atoms with Crippen molar-refractivity contribution < 1.29 is 4.79 Å². The zero-order valence-corrected chi connectivity index (χ0v) is 25.4. The summed E-state index contributed by atoms with van der Waals surface area (Å²) in [6.07, 6.45) is 5.66. The third kappa shape index (κ3) is 5.35. The number of thioether (sulfide) groups is 1. The minimum atomic E-state index is -0.772. The lowest BCUT2D eigenvalue weighted by Crippen LogP contribution is -2.44. The van der Waals surface area contributed by atoms with E-state index in [2.05, 4.69) is 38.1 Å². The van der Waals surface area contributed by atoms with E-state index in [1.54, 1.807) is 35.3 Å². The van der Waals surface area contributed by atoms with Gasteiger partial charge in [-0.1, -0.05) is 50.2 Å². The van der Waals surface area contributed by atoms with Gasteiger partial charge >= 0.3 is 0 Å². The van der Waals surface area contributed by atoms with Crippen molar-refractivity contribution in [3.05, 3.63) is 112 Å². The van der Waals surface area contributed by atoms with Gasteiger partial charge in [0, 0.05) is 53.1 Å². The fourth-order valence-corrected chi connectivity index (χ4v) is 7.39. The van der Waals surface area contributed by atoms with E-state index in [1.165, 1.54) is 5.56 Å². The number of rotatable bonds is 6. The molecule has 2 aromatic carbocycles. The molecule has 1 aliphatic carbocycles. The number of nitrogens with one attached hydrogen (secondary N) is 3. The zero-order chi connectivity index (χ0) is 30.3. The molecule has 1 saturated heterocycles. The van der Waals surface area contributed by atoms with Crippen LogP contribution in [0.5, 0.6) is 0 Å². The van der Waals surface area contributed by atoms with Gasteiger partial charge in [-0.3, -0.25) is 19.1 Å². The number of benzene rings is 2. The maximum Gasteiger partial charge on any atom is 0.276 e. The first-order chi connectivity index (χ1) is 21.4. The molecule has 7 rings (SSSR count). The molecule has 5 aromatic rings. The highest BCUT2D eigenvalue weighted by molar-refractivity contribution is 7.99. The van der Waals surface area contributed by atoms with Crippen molar-refractivity contribution in [1.82, 2.24) is 24.8 Å². The zero-order valence-electron chi connectivity index (χ0n) is 24.6. The van der Waals surface area contributed by atoms with Gasteiger partial charge in [0.2, 0.25) is 5.95 Å². The summed E-state index contributed by atoms with van der Waals surface area (Å²) < 4.78 is 1.57. The van der Waals surface area contributed by atoms with E-state index >= 15 is 0 Å². The molecule has 0 bridgehead atoms. The van der Waals surface area contributed by atoms with Crippen LogP contribution in [0.25, 0.3) is 11.0 Å². The summed E-state index contributed by atoms with van der Waals surface area (Å²) in [4.78, 5) is 42.1. The number of hydrogen-bond acceptors (Lipinski definition) is 9. The minimum absolute atomic E-state index is 0.0995. The molecular formula is C34H33N7O2S. The van der Waals surface area contributed by atoms with Crippen molar-refractivity contribution in [2.45, 2.75) is 31.6 Å². The van der Waals surface area contributed by atoms with Crippen molar-refractivity contribution in [3.8, 4) is 0 Å². The Hall–Kier alpha value is -4.54. The molecule has 2 atom stereocenters. The Bertz CT molecular complexity index is 1900. The van der Waals surface area contributed by atoms with Gasteiger partial charge in [-0.05, 0) is 53.3 Å². The van der Waals surface area contributed by atoms with Crippen molar-refractivity contribution in [2.75, 3.05) is 29.5 Å².